The lowest BCUT2D eigenvalue weighted by Crippen LogP contribution is -2.51. The van der Waals surface area contributed by atoms with E-state index in [2.05, 4.69) is 55.1 Å². The monoisotopic (exact) mass is 498 g/mol. The molecule has 1 aromatic carbocycles. The summed E-state index contributed by atoms with van der Waals surface area (Å²) < 4.78 is 6.42. The van der Waals surface area contributed by atoms with Gasteiger partial charge < -0.3 is 19.9 Å². The van der Waals surface area contributed by atoms with Crippen molar-refractivity contribution in [3.63, 3.8) is 0 Å². The highest BCUT2D eigenvalue weighted by molar-refractivity contribution is 5.95. The summed E-state index contributed by atoms with van der Waals surface area (Å²) in [5.74, 6) is 0.873. The lowest BCUT2D eigenvalue weighted by molar-refractivity contribution is -0.0313. The Morgan fingerprint density at radius 2 is 2.05 bits per heavy atom. The van der Waals surface area contributed by atoms with E-state index < -0.39 is 0 Å². The number of morpholine rings is 1. The predicted molar refractivity (Wildman–Crippen MR) is 144 cm³/mol. The van der Waals surface area contributed by atoms with Gasteiger partial charge in [-0.15, -0.1) is 0 Å². The average Bonchev–Trinajstić information content (AvgIpc) is 3.17. The van der Waals surface area contributed by atoms with Gasteiger partial charge in [-0.05, 0) is 44.2 Å². The number of pyridine rings is 1. The van der Waals surface area contributed by atoms with Crippen LogP contribution in [-0.4, -0.2) is 84.4 Å². The normalized spacial score (nSPS) is 22.9. The van der Waals surface area contributed by atoms with Crippen molar-refractivity contribution in [2.24, 2.45) is 0 Å². The molecule has 0 amide bonds. The van der Waals surface area contributed by atoms with Crippen LogP contribution in [0.3, 0.4) is 0 Å². The van der Waals surface area contributed by atoms with Gasteiger partial charge in [0.15, 0.2) is 0 Å². The molecule has 2 atom stereocenters. The number of fused-ring (bicyclic) bond motifs is 2. The molecule has 3 aromatic rings. The largest absolute Gasteiger partial charge is 0.370 e. The van der Waals surface area contributed by atoms with Crippen molar-refractivity contribution in [1.29, 1.82) is 5.26 Å². The van der Waals surface area contributed by atoms with Crippen molar-refractivity contribution in [3.8, 4) is 6.07 Å². The Morgan fingerprint density at radius 3 is 2.97 bits per heavy atom. The van der Waals surface area contributed by atoms with Crippen molar-refractivity contribution in [1.82, 2.24) is 25.2 Å². The van der Waals surface area contributed by atoms with Gasteiger partial charge in [0.05, 0.1) is 29.0 Å². The van der Waals surface area contributed by atoms with Crippen LogP contribution in [0.5, 0.6) is 0 Å². The molecule has 5 heterocycles. The van der Waals surface area contributed by atoms with Crippen molar-refractivity contribution in [2.75, 3.05) is 62.2 Å². The first kappa shape index (κ1) is 24.0. The summed E-state index contributed by atoms with van der Waals surface area (Å²) in [7, 11) is 0. The smallest absolute Gasteiger partial charge is 0.225 e. The second-order valence-corrected chi connectivity index (χ2v) is 10.3. The van der Waals surface area contributed by atoms with E-state index in [1.807, 2.05) is 18.3 Å². The summed E-state index contributed by atoms with van der Waals surface area (Å²) in [5.41, 5.74) is 4.94. The van der Waals surface area contributed by atoms with Crippen molar-refractivity contribution < 1.29 is 4.74 Å². The zero-order chi connectivity index (χ0) is 25.2. The number of nitrogens with zero attached hydrogens (tertiary/aromatic N) is 7. The fraction of sp³-hybridized carbons (Fsp3) is 0.500. The molecule has 0 saturated carbocycles. The van der Waals surface area contributed by atoms with E-state index in [-0.39, 0.29) is 12.2 Å². The van der Waals surface area contributed by atoms with Crippen molar-refractivity contribution >= 4 is 22.5 Å². The van der Waals surface area contributed by atoms with Crippen LogP contribution < -0.4 is 15.1 Å². The molecule has 0 spiro atoms. The number of benzene rings is 1. The molecule has 9 heteroatoms. The minimum absolute atomic E-state index is 0.116. The molecule has 0 aliphatic carbocycles. The third-order valence-corrected chi connectivity index (χ3v) is 7.66. The molecule has 3 aliphatic rings. The summed E-state index contributed by atoms with van der Waals surface area (Å²) in [6.45, 7) is 10.5. The van der Waals surface area contributed by atoms with Crippen LogP contribution >= 0.6 is 0 Å². The molecule has 0 radical (unpaired) electrons. The fourth-order valence-electron chi connectivity index (χ4n) is 5.89. The van der Waals surface area contributed by atoms with Crippen LogP contribution in [0.4, 0.5) is 11.6 Å². The van der Waals surface area contributed by atoms with E-state index in [0.29, 0.717) is 5.56 Å². The molecule has 3 aliphatic heterocycles. The molecule has 2 unspecified atom stereocenters. The number of rotatable bonds is 4. The summed E-state index contributed by atoms with van der Waals surface area (Å²) in [5, 5.41) is 13.9. The lowest BCUT2D eigenvalue weighted by Gasteiger charge is -2.40. The Balaban J connectivity index is 1.13. The lowest BCUT2D eigenvalue weighted by atomic mass is 10.1. The Labute approximate surface area is 218 Å². The summed E-state index contributed by atoms with van der Waals surface area (Å²) in [6, 6.07) is 10.2. The van der Waals surface area contributed by atoms with Crippen LogP contribution in [0.2, 0.25) is 0 Å². The van der Waals surface area contributed by atoms with E-state index in [4.69, 9.17) is 9.72 Å². The van der Waals surface area contributed by atoms with Gasteiger partial charge in [0.2, 0.25) is 5.95 Å². The first-order valence-corrected chi connectivity index (χ1v) is 13.4. The molecule has 192 valence electrons. The highest BCUT2D eigenvalue weighted by atomic mass is 16.5. The Kier molecular flexibility index (Phi) is 6.87. The zero-order valence-corrected chi connectivity index (χ0v) is 21.4. The first-order valence-electron chi connectivity index (χ1n) is 13.4. The maximum atomic E-state index is 9.53. The highest BCUT2D eigenvalue weighted by Crippen LogP contribution is 2.30. The number of hydrogen-bond donors (Lipinski definition) is 1. The molecule has 2 saturated heterocycles. The van der Waals surface area contributed by atoms with Gasteiger partial charge in [0.1, 0.15) is 6.07 Å². The van der Waals surface area contributed by atoms with E-state index >= 15 is 0 Å². The Hall–Kier alpha value is -3.32. The SMILES string of the molecule is CC1CN(c2ccc(C#N)c3ncccc23)CC(CN2CCCN(c3ncc4c(n3)CCNC4)CC2)O1. The Bertz CT molecular complexity index is 1310. The minimum atomic E-state index is 0.116. The van der Waals surface area contributed by atoms with Gasteiger partial charge >= 0.3 is 0 Å². The number of hydrogen-bond acceptors (Lipinski definition) is 9. The first-order chi connectivity index (χ1) is 18.2. The standard InChI is InChI=1S/C28H34N8O/c1-20-17-36(26-6-5-21(14-29)27-24(26)4-2-8-31-27)19-23(37-20)18-34-10-3-11-35(13-12-34)28-32-16-22-15-30-9-7-25(22)33-28/h2,4-6,8,16,20,23,30H,3,7,9-13,15,17-19H2,1H3. The number of nitriles is 1. The van der Waals surface area contributed by atoms with Crippen molar-refractivity contribution in [2.45, 2.75) is 38.5 Å². The molecule has 0 bridgehead atoms. The van der Waals surface area contributed by atoms with Gasteiger partial charge in [0, 0.05) is 87.8 Å². The summed E-state index contributed by atoms with van der Waals surface area (Å²) in [4.78, 5) is 21.4. The number of ether oxygens (including phenoxy) is 1. The third kappa shape index (κ3) is 5.10. The molecular formula is C28H34N8O. The maximum Gasteiger partial charge on any atom is 0.225 e. The molecule has 6 rings (SSSR count). The maximum absolute atomic E-state index is 9.53. The molecule has 2 fully saturated rings. The van der Waals surface area contributed by atoms with E-state index in [1.165, 1.54) is 11.3 Å². The summed E-state index contributed by atoms with van der Waals surface area (Å²) >= 11 is 0. The molecule has 1 N–H and O–H groups in total. The van der Waals surface area contributed by atoms with Gasteiger partial charge in [0.25, 0.3) is 0 Å². The molecule has 37 heavy (non-hydrogen) atoms. The van der Waals surface area contributed by atoms with E-state index in [9.17, 15) is 5.26 Å². The topological polar surface area (TPSA) is 93.4 Å². The third-order valence-electron chi connectivity index (χ3n) is 7.66. The molecule has 2 aromatic heterocycles. The highest BCUT2D eigenvalue weighted by Gasteiger charge is 2.29. The Morgan fingerprint density at radius 1 is 1.11 bits per heavy atom. The summed E-state index contributed by atoms with van der Waals surface area (Å²) in [6.07, 6.45) is 6.06. The zero-order valence-electron chi connectivity index (χ0n) is 21.4. The van der Waals surface area contributed by atoms with Crippen LogP contribution in [0, 0.1) is 11.3 Å². The van der Waals surface area contributed by atoms with Crippen LogP contribution in [0.1, 0.15) is 30.2 Å². The minimum Gasteiger partial charge on any atom is -0.370 e. The van der Waals surface area contributed by atoms with E-state index in [1.54, 1.807) is 6.20 Å². The number of nitrogens with one attached hydrogen (secondary N) is 1. The van der Waals surface area contributed by atoms with Crippen LogP contribution in [0.15, 0.2) is 36.7 Å². The number of anilines is 2. The fourth-order valence-corrected chi connectivity index (χ4v) is 5.89. The number of aromatic nitrogens is 3. The average molecular weight is 499 g/mol. The van der Waals surface area contributed by atoms with Gasteiger partial charge in [-0.1, -0.05) is 0 Å². The van der Waals surface area contributed by atoms with Gasteiger partial charge in [-0.25, -0.2) is 9.97 Å². The van der Waals surface area contributed by atoms with Crippen LogP contribution in [-0.2, 0) is 17.7 Å². The van der Waals surface area contributed by atoms with Gasteiger partial charge in [-0.2, -0.15) is 5.26 Å². The van der Waals surface area contributed by atoms with Crippen LogP contribution in [0.25, 0.3) is 10.9 Å². The van der Waals surface area contributed by atoms with Gasteiger partial charge in [-0.3, -0.25) is 9.88 Å². The predicted octanol–water partition coefficient (Wildman–Crippen LogP) is 2.35. The molecule has 9 nitrogen and oxygen atoms in total. The van der Waals surface area contributed by atoms with Crippen molar-refractivity contribution in [3.05, 3.63) is 53.5 Å². The van der Waals surface area contributed by atoms with E-state index in [0.717, 1.165) is 94.3 Å². The second kappa shape index (κ2) is 10.6. The second-order valence-electron chi connectivity index (χ2n) is 10.3. The quantitative estimate of drug-likeness (QED) is 0.582. The molecular weight excluding hydrogens is 464 g/mol.